The summed E-state index contributed by atoms with van der Waals surface area (Å²) in [4.78, 5) is 13.7. The first kappa shape index (κ1) is 12.1. The SMILES string of the molecule is O=C1CSC(c2cccc(Br)c2)N1c1nncs1. The van der Waals surface area contributed by atoms with Crippen molar-refractivity contribution < 1.29 is 4.79 Å². The Hall–Kier alpha value is -0.920. The largest absolute Gasteiger partial charge is 0.273 e. The summed E-state index contributed by atoms with van der Waals surface area (Å²) in [6, 6.07) is 8.00. The van der Waals surface area contributed by atoms with Crippen LogP contribution in [0.1, 0.15) is 10.9 Å². The molecule has 18 heavy (non-hydrogen) atoms. The summed E-state index contributed by atoms with van der Waals surface area (Å²) in [5, 5.41) is 8.45. The fourth-order valence-electron chi connectivity index (χ4n) is 1.81. The molecule has 1 atom stereocenters. The summed E-state index contributed by atoms with van der Waals surface area (Å²) in [5.41, 5.74) is 2.74. The molecule has 0 radical (unpaired) electrons. The van der Waals surface area contributed by atoms with E-state index in [-0.39, 0.29) is 11.3 Å². The Balaban J connectivity index is 1.99. The van der Waals surface area contributed by atoms with Crippen molar-refractivity contribution in [3.05, 3.63) is 39.8 Å². The van der Waals surface area contributed by atoms with Gasteiger partial charge in [-0.15, -0.1) is 22.0 Å². The van der Waals surface area contributed by atoms with Crippen LogP contribution >= 0.6 is 39.0 Å². The number of nitrogens with zero attached hydrogens (tertiary/aromatic N) is 3. The maximum Gasteiger partial charge on any atom is 0.240 e. The molecular formula is C11H8BrN3OS2. The second-order valence-electron chi connectivity index (χ2n) is 3.70. The monoisotopic (exact) mass is 341 g/mol. The van der Waals surface area contributed by atoms with Gasteiger partial charge in [-0.25, -0.2) is 0 Å². The lowest BCUT2D eigenvalue weighted by molar-refractivity contribution is -0.115. The first-order valence-electron chi connectivity index (χ1n) is 5.21. The van der Waals surface area contributed by atoms with E-state index in [0.29, 0.717) is 10.9 Å². The van der Waals surface area contributed by atoms with E-state index in [1.165, 1.54) is 11.3 Å². The lowest BCUT2D eigenvalue weighted by Crippen LogP contribution is -2.27. The summed E-state index contributed by atoms with van der Waals surface area (Å²) in [5.74, 6) is 0.568. The van der Waals surface area contributed by atoms with Crippen LogP contribution in [0, 0.1) is 0 Å². The van der Waals surface area contributed by atoms with Crippen LogP contribution in [0.4, 0.5) is 5.13 Å². The van der Waals surface area contributed by atoms with Crippen LogP contribution in [0.5, 0.6) is 0 Å². The van der Waals surface area contributed by atoms with Gasteiger partial charge in [0.15, 0.2) is 0 Å². The number of carbonyl (C=O) groups is 1. The Morgan fingerprint density at radius 3 is 3.06 bits per heavy atom. The Morgan fingerprint density at radius 1 is 1.44 bits per heavy atom. The highest BCUT2D eigenvalue weighted by Crippen LogP contribution is 2.42. The van der Waals surface area contributed by atoms with Gasteiger partial charge in [-0.1, -0.05) is 39.4 Å². The van der Waals surface area contributed by atoms with Crippen molar-refractivity contribution in [3.63, 3.8) is 0 Å². The van der Waals surface area contributed by atoms with E-state index >= 15 is 0 Å². The predicted molar refractivity (Wildman–Crippen MR) is 76.7 cm³/mol. The molecular weight excluding hydrogens is 334 g/mol. The summed E-state index contributed by atoms with van der Waals surface area (Å²) < 4.78 is 1.01. The van der Waals surface area contributed by atoms with Crippen molar-refractivity contribution in [1.82, 2.24) is 10.2 Å². The average molecular weight is 342 g/mol. The third-order valence-electron chi connectivity index (χ3n) is 2.56. The van der Waals surface area contributed by atoms with Gasteiger partial charge in [-0.3, -0.25) is 9.69 Å². The van der Waals surface area contributed by atoms with Crippen molar-refractivity contribution in [2.75, 3.05) is 10.7 Å². The smallest absolute Gasteiger partial charge is 0.240 e. The van der Waals surface area contributed by atoms with E-state index in [2.05, 4.69) is 26.1 Å². The molecule has 1 aromatic carbocycles. The number of hydrogen-bond acceptors (Lipinski definition) is 5. The van der Waals surface area contributed by atoms with E-state index < -0.39 is 0 Å². The summed E-state index contributed by atoms with van der Waals surface area (Å²) in [7, 11) is 0. The fraction of sp³-hybridized carbons (Fsp3) is 0.182. The highest BCUT2D eigenvalue weighted by Gasteiger charge is 2.35. The van der Waals surface area contributed by atoms with Crippen LogP contribution < -0.4 is 4.90 Å². The third-order valence-corrected chi connectivity index (χ3v) is 4.95. The number of halogens is 1. The van der Waals surface area contributed by atoms with Crippen LogP contribution in [-0.4, -0.2) is 21.9 Å². The summed E-state index contributed by atoms with van der Waals surface area (Å²) >= 11 is 6.45. The number of anilines is 1. The van der Waals surface area contributed by atoms with Crippen molar-refractivity contribution in [1.29, 1.82) is 0 Å². The zero-order valence-electron chi connectivity index (χ0n) is 9.12. The molecule has 1 fully saturated rings. The average Bonchev–Trinajstić information content (AvgIpc) is 2.97. The van der Waals surface area contributed by atoms with Gasteiger partial charge in [0, 0.05) is 4.47 Å². The van der Waals surface area contributed by atoms with Gasteiger partial charge in [0.25, 0.3) is 0 Å². The minimum Gasteiger partial charge on any atom is -0.273 e. The molecule has 1 saturated heterocycles. The van der Waals surface area contributed by atoms with Crippen molar-refractivity contribution in [2.45, 2.75) is 5.37 Å². The minimum absolute atomic E-state index is 0.0112. The molecule has 1 unspecified atom stereocenters. The molecule has 4 nitrogen and oxygen atoms in total. The number of rotatable bonds is 2. The molecule has 1 amide bonds. The summed E-state index contributed by atoms with van der Waals surface area (Å²) in [6.45, 7) is 0. The van der Waals surface area contributed by atoms with Gasteiger partial charge in [0.1, 0.15) is 10.9 Å². The lowest BCUT2D eigenvalue weighted by Gasteiger charge is -2.21. The van der Waals surface area contributed by atoms with Crippen molar-refractivity contribution >= 4 is 50.1 Å². The lowest BCUT2D eigenvalue weighted by atomic mass is 10.2. The van der Waals surface area contributed by atoms with Gasteiger partial charge in [0.05, 0.1) is 5.75 Å². The molecule has 2 heterocycles. The van der Waals surface area contributed by atoms with Crippen LogP contribution in [0.25, 0.3) is 0 Å². The number of thioether (sulfide) groups is 1. The number of benzene rings is 1. The van der Waals surface area contributed by atoms with E-state index in [4.69, 9.17) is 0 Å². The van der Waals surface area contributed by atoms with E-state index in [9.17, 15) is 4.79 Å². The first-order chi connectivity index (χ1) is 8.75. The topological polar surface area (TPSA) is 46.1 Å². The normalized spacial score (nSPS) is 19.5. The van der Waals surface area contributed by atoms with Crippen LogP contribution in [0.2, 0.25) is 0 Å². The molecule has 7 heteroatoms. The Labute approximate surface area is 121 Å². The zero-order valence-corrected chi connectivity index (χ0v) is 12.3. The van der Waals surface area contributed by atoms with E-state index in [1.54, 1.807) is 22.2 Å². The fourth-order valence-corrected chi connectivity index (χ4v) is 4.04. The Bertz CT molecular complexity index is 575. The maximum absolute atomic E-state index is 12.0. The van der Waals surface area contributed by atoms with Crippen LogP contribution in [-0.2, 0) is 4.79 Å². The second-order valence-corrected chi connectivity index (χ2v) is 6.50. The summed E-state index contributed by atoms with van der Waals surface area (Å²) in [6.07, 6.45) is 0. The highest BCUT2D eigenvalue weighted by molar-refractivity contribution is 9.10. The molecule has 0 N–H and O–H groups in total. The van der Waals surface area contributed by atoms with Gasteiger partial charge >= 0.3 is 0 Å². The number of carbonyl (C=O) groups excluding carboxylic acids is 1. The number of aromatic nitrogens is 2. The van der Waals surface area contributed by atoms with E-state index in [0.717, 1.165) is 10.0 Å². The molecule has 1 aliphatic heterocycles. The molecule has 1 aromatic heterocycles. The Morgan fingerprint density at radius 2 is 2.33 bits per heavy atom. The van der Waals surface area contributed by atoms with Crippen molar-refractivity contribution in [2.24, 2.45) is 0 Å². The molecule has 0 aliphatic carbocycles. The zero-order chi connectivity index (χ0) is 12.5. The second kappa shape index (κ2) is 4.99. The molecule has 0 bridgehead atoms. The first-order valence-corrected chi connectivity index (χ1v) is 7.93. The minimum atomic E-state index is -0.0112. The highest BCUT2D eigenvalue weighted by atomic mass is 79.9. The molecule has 3 rings (SSSR count). The predicted octanol–water partition coefficient (Wildman–Crippen LogP) is 3.08. The molecule has 1 aliphatic rings. The van der Waals surface area contributed by atoms with Gasteiger partial charge in [0.2, 0.25) is 11.0 Å². The number of hydrogen-bond donors (Lipinski definition) is 0. The van der Waals surface area contributed by atoms with Crippen LogP contribution in [0.15, 0.2) is 34.2 Å². The van der Waals surface area contributed by atoms with Crippen LogP contribution in [0.3, 0.4) is 0 Å². The number of amides is 1. The standard InChI is InChI=1S/C11H8BrN3OS2/c12-8-3-1-2-7(4-8)10-15(9(16)5-17-10)11-14-13-6-18-11/h1-4,6,10H,5H2. The molecule has 0 saturated carbocycles. The molecule has 2 aromatic rings. The molecule has 92 valence electrons. The van der Waals surface area contributed by atoms with Gasteiger partial charge < -0.3 is 0 Å². The van der Waals surface area contributed by atoms with Gasteiger partial charge in [-0.2, -0.15) is 0 Å². The Kier molecular flexibility index (Phi) is 3.36. The maximum atomic E-state index is 12.0. The quantitative estimate of drug-likeness (QED) is 0.842. The van der Waals surface area contributed by atoms with E-state index in [1.807, 2.05) is 24.3 Å². The van der Waals surface area contributed by atoms with Gasteiger partial charge in [-0.05, 0) is 17.7 Å². The third kappa shape index (κ3) is 2.17. The molecule has 0 spiro atoms. The van der Waals surface area contributed by atoms with Crippen molar-refractivity contribution in [3.8, 4) is 0 Å².